The van der Waals surface area contributed by atoms with Crippen LogP contribution in [0.15, 0.2) is 86.8 Å². The molecule has 0 bridgehead atoms. The minimum atomic E-state index is 0.551. The molecular formula is C21H18Br2N2O. The van der Waals surface area contributed by atoms with Gasteiger partial charge in [0.2, 0.25) is 0 Å². The van der Waals surface area contributed by atoms with E-state index in [1.807, 2.05) is 60.7 Å². The van der Waals surface area contributed by atoms with Crippen molar-refractivity contribution < 1.29 is 4.74 Å². The van der Waals surface area contributed by atoms with Gasteiger partial charge in [0, 0.05) is 8.95 Å². The summed E-state index contributed by atoms with van der Waals surface area (Å²) in [7, 11) is 0. The number of halogens is 2. The maximum atomic E-state index is 5.80. The number of nitrogens with zero attached hydrogens (tertiary/aromatic N) is 1. The van der Waals surface area contributed by atoms with Crippen molar-refractivity contribution in [3.05, 3.63) is 98.4 Å². The molecule has 0 spiro atoms. The van der Waals surface area contributed by atoms with Crippen molar-refractivity contribution in [1.82, 2.24) is 5.43 Å². The van der Waals surface area contributed by atoms with Crippen molar-refractivity contribution >= 4 is 38.1 Å². The summed E-state index contributed by atoms with van der Waals surface area (Å²) in [5.74, 6) is 0.841. The van der Waals surface area contributed by atoms with E-state index in [-0.39, 0.29) is 0 Å². The standard InChI is InChI=1S/C21H18Br2N2O/c22-19-7-1-16(2-8-19)13-24-25-14-17-5-11-21(12-6-17)26-15-18-3-9-20(23)10-4-18/h1-12,14,24H,13,15H2/b25-14-. The van der Waals surface area contributed by atoms with E-state index in [9.17, 15) is 0 Å². The predicted molar refractivity (Wildman–Crippen MR) is 113 cm³/mol. The largest absolute Gasteiger partial charge is 0.489 e. The third kappa shape index (κ3) is 6.00. The topological polar surface area (TPSA) is 33.6 Å². The van der Waals surface area contributed by atoms with Crippen molar-refractivity contribution in [3.8, 4) is 5.75 Å². The zero-order valence-corrected chi connectivity index (χ0v) is 17.2. The monoisotopic (exact) mass is 472 g/mol. The molecule has 0 radical (unpaired) electrons. The highest BCUT2D eigenvalue weighted by molar-refractivity contribution is 9.10. The maximum Gasteiger partial charge on any atom is 0.119 e. The molecule has 1 N–H and O–H groups in total. The minimum absolute atomic E-state index is 0.551. The quantitative estimate of drug-likeness (QED) is 0.341. The average molecular weight is 474 g/mol. The van der Waals surface area contributed by atoms with Gasteiger partial charge in [-0.3, -0.25) is 0 Å². The third-order valence-electron chi connectivity index (χ3n) is 3.70. The molecule has 0 amide bonds. The molecule has 0 saturated carbocycles. The van der Waals surface area contributed by atoms with Gasteiger partial charge in [-0.25, -0.2) is 0 Å². The number of rotatable bonds is 7. The summed E-state index contributed by atoms with van der Waals surface area (Å²) in [6.45, 7) is 1.24. The Hall–Kier alpha value is -2.11. The summed E-state index contributed by atoms with van der Waals surface area (Å²) in [6.07, 6.45) is 1.80. The van der Waals surface area contributed by atoms with Crippen LogP contribution in [-0.4, -0.2) is 6.21 Å². The normalized spacial score (nSPS) is 10.8. The van der Waals surface area contributed by atoms with E-state index in [4.69, 9.17) is 4.74 Å². The molecule has 0 unspecified atom stereocenters. The van der Waals surface area contributed by atoms with Crippen molar-refractivity contribution in [2.24, 2.45) is 5.10 Å². The van der Waals surface area contributed by atoms with Crippen LogP contribution in [-0.2, 0) is 13.2 Å². The highest BCUT2D eigenvalue weighted by Gasteiger charge is 1.97. The predicted octanol–water partition coefficient (Wildman–Crippen LogP) is 5.91. The van der Waals surface area contributed by atoms with Crippen LogP contribution in [0.2, 0.25) is 0 Å². The van der Waals surface area contributed by atoms with Crippen molar-refractivity contribution in [1.29, 1.82) is 0 Å². The smallest absolute Gasteiger partial charge is 0.119 e. The Morgan fingerprint density at radius 2 is 1.35 bits per heavy atom. The van der Waals surface area contributed by atoms with E-state index in [0.29, 0.717) is 13.2 Å². The van der Waals surface area contributed by atoms with Gasteiger partial charge in [-0.05, 0) is 65.2 Å². The molecule has 3 aromatic rings. The molecule has 0 aromatic heterocycles. The second kappa shape index (κ2) is 9.55. The summed E-state index contributed by atoms with van der Waals surface area (Å²) in [5, 5.41) is 4.26. The van der Waals surface area contributed by atoms with Gasteiger partial charge >= 0.3 is 0 Å². The number of hydrazone groups is 1. The second-order valence-electron chi connectivity index (χ2n) is 5.70. The van der Waals surface area contributed by atoms with Gasteiger partial charge in [0.05, 0.1) is 12.8 Å². The molecule has 0 aliphatic rings. The highest BCUT2D eigenvalue weighted by Crippen LogP contribution is 2.15. The zero-order chi connectivity index (χ0) is 18.2. The lowest BCUT2D eigenvalue weighted by Gasteiger charge is -2.06. The number of ether oxygens (including phenoxy) is 1. The van der Waals surface area contributed by atoms with E-state index in [0.717, 1.165) is 25.8 Å². The van der Waals surface area contributed by atoms with Gasteiger partial charge in [0.1, 0.15) is 12.4 Å². The maximum absolute atomic E-state index is 5.80. The fourth-order valence-corrected chi connectivity index (χ4v) is 2.79. The Labute approximate surface area is 170 Å². The summed E-state index contributed by atoms with van der Waals surface area (Å²) >= 11 is 6.86. The second-order valence-corrected chi connectivity index (χ2v) is 7.54. The summed E-state index contributed by atoms with van der Waals surface area (Å²) < 4.78 is 7.95. The zero-order valence-electron chi connectivity index (χ0n) is 14.0. The first-order valence-electron chi connectivity index (χ1n) is 8.17. The molecule has 0 atom stereocenters. The molecule has 0 saturated heterocycles. The van der Waals surface area contributed by atoms with Gasteiger partial charge in [-0.2, -0.15) is 5.10 Å². The van der Waals surface area contributed by atoms with E-state index < -0.39 is 0 Å². The molecule has 3 aromatic carbocycles. The van der Waals surface area contributed by atoms with Crippen LogP contribution in [0.3, 0.4) is 0 Å². The van der Waals surface area contributed by atoms with Gasteiger partial charge in [0.25, 0.3) is 0 Å². The number of benzene rings is 3. The van der Waals surface area contributed by atoms with Crippen LogP contribution >= 0.6 is 31.9 Å². The van der Waals surface area contributed by atoms with Crippen LogP contribution in [0, 0.1) is 0 Å². The third-order valence-corrected chi connectivity index (χ3v) is 4.76. The first-order chi connectivity index (χ1) is 12.7. The first kappa shape index (κ1) is 18.7. The van der Waals surface area contributed by atoms with Crippen molar-refractivity contribution in [2.45, 2.75) is 13.2 Å². The summed E-state index contributed by atoms with van der Waals surface area (Å²) in [5.41, 5.74) is 6.39. The van der Waals surface area contributed by atoms with Gasteiger partial charge < -0.3 is 10.2 Å². The minimum Gasteiger partial charge on any atom is -0.489 e. The number of hydrogen-bond acceptors (Lipinski definition) is 3. The Balaban J connectivity index is 1.46. The van der Waals surface area contributed by atoms with E-state index in [2.05, 4.69) is 54.5 Å². The van der Waals surface area contributed by atoms with Gasteiger partial charge in [-0.15, -0.1) is 0 Å². The van der Waals surface area contributed by atoms with Gasteiger partial charge in [0.15, 0.2) is 0 Å². The fraction of sp³-hybridized carbons (Fsp3) is 0.0952. The molecule has 0 fully saturated rings. The summed E-state index contributed by atoms with van der Waals surface area (Å²) in [4.78, 5) is 0. The van der Waals surface area contributed by atoms with Crippen LogP contribution < -0.4 is 10.2 Å². The first-order valence-corrected chi connectivity index (χ1v) is 9.75. The Morgan fingerprint density at radius 3 is 1.96 bits per heavy atom. The van der Waals surface area contributed by atoms with E-state index in [1.165, 1.54) is 5.56 Å². The molecule has 3 rings (SSSR count). The molecular weight excluding hydrogens is 456 g/mol. The summed E-state index contributed by atoms with van der Waals surface area (Å²) in [6, 6.07) is 24.2. The molecule has 0 heterocycles. The molecule has 0 aliphatic carbocycles. The molecule has 26 heavy (non-hydrogen) atoms. The van der Waals surface area contributed by atoms with Crippen LogP contribution in [0.25, 0.3) is 0 Å². The van der Waals surface area contributed by atoms with Crippen LogP contribution in [0.1, 0.15) is 16.7 Å². The van der Waals surface area contributed by atoms with Crippen molar-refractivity contribution in [3.63, 3.8) is 0 Å². The average Bonchev–Trinajstić information content (AvgIpc) is 2.67. The highest BCUT2D eigenvalue weighted by atomic mass is 79.9. The molecule has 3 nitrogen and oxygen atoms in total. The Morgan fingerprint density at radius 1 is 0.769 bits per heavy atom. The lowest BCUT2D eigenvalue weighted by atomic mass is 10.2. The number of hydrogen-bond donors (Lipinski definition) is 1. The molecule has 5 heteroatoms. The molecule has 0 aliphatic heterocycles. The van der Waals surface area contributed by atoms with Crippen LogP contribution in [0.4, 0.5) is 0 Å². The lowest BCUT2D eigenvalue weighted by molar-refractivity contribution is 0.306. The van der Waals surface area contributed by atoms with Gasteiger partial charge in [-0.1, -0.05) is 56.1 Å². The molecule has 132 valence electrons. The van der Waals surface area contributed by atoms with E-state index in [1.54, 1.807) is 6.21 Å². The van der Waals surface area contributed by atoms with E-state index >= 15 is 0 Å². The van der Waals surface area contributed by atoms with Crippen LogP contribution in [0.5, 0.6) is 5.75 Å². The lowest BCUT2D eigenvalue weighted by Crippen LogP contribution is -2.05. The fourth-order valence-electron chi connectivity index (χ4n) is 2.26. The SMILES string of the molecule is Brc1ccc(CN/N=C\c2ccc(OCc3ccc(Br)cc3)cc2)cc1. The van der Waals surface area contributed by atoms with Crippen molar-refractivity contribution in [2.75, 3.05) is 0 Å². The Kier molecular flexibility index (Phi) is 6.86. The number of nitrogens with one attached hydrogen (secondary N) is 1. The Bertz CT molecular complexity index is 845.